The van der Waals surface area contributed by atoms with E-state index in [9.17, 15) is 14.9 Å². The molecule has 0 bridgehead atoms. The van der Waals surface area contributed by atoms with E-state index in [0.29, 0.717) is 17.7 Å². The van der Waals surface area contributed by atoms with Crippen LogP contribution in [0.5, 0.6) is 0 Å². The third-order valence-corrected chi connectivity index (χ3v) is 1.77. The Balaban J connectivity index is 3.28. The smallest absolute Gasteiger partial charge is 0.303 e. The number of nitrogens with zero attached hydrogens (tertiary/aromatic N) is 3. The summed E-state index contributed by atoms with van der Waals surface area (Å²) in [4.78, 5) is 20.3. The van der Waals surface area contributed by atoms with Crippen LogP contribution in [0.15, 0.2) is 0 Å². The molecule has 6 nitrogen and oxygen atoms in total. The molecule has 0 radical (unpaired) electrons. The Kier molecular flexibility index (Phi) is 2.41. The summed E-state index contributed by atoms with van der Waals surface area (Å²) < 4.78 is 1.36. The lowest BCUT2D eigenvalue weighted by atomic mass is 10.2. The van der Waals surface area contributed by atoms with Crippen molar-refractivity contribution in [2.45, 2.75) is 13.3 Å². The molecule has 0 aliphatic heterocycles. The number of hydrogen-bond acceptors (Lipinski definition) is 4. The minimum absolute atomic E-state index is 0.0215. The predicted octanol–water partition coefficient (Wildman–Crippen LogP) is 0.378. The van der Waals surface area contributed by atoms with Gasteiger partial charge in [0.2, 0.25) is 0 Å². The van der Waals surface area contributed by atoms with Crippen molar-refractivity contribution >= 4 is 12.0 Å². The van der Waals surface area contributed by atoms with Crippen molar-refractivity contribution in [1.82, 2.24) is 9.78 Å². The van der Waals surface area contributed by atoms with Gasteiger partial charge in [-0.05, 0) is 6.92 Å². The van der Waals surface area contributed by atoms with Crippen LogP contribution in [-0.2, 0) is 18.3 Å². The highest BCUT2D eigenvalue weighted by molar-refractivity contribution is 5.58. The lowest BCUT2D eigenvalue weighted by Gasteiger charge is -1.94. The molecule has 0 aliphatic carbocycles. The number of carbonyl (C=O) groups is 1. The van der Waals surface area contributed by atoms with Crippen LogP contribution >= 0.6 is 0 Å². The molecular formula is C7H9N3O3. The Bertz CT molecular complexity index is 356. The summed E-state index contributed by atoms with van der Waals surface area (Å²) in [7, 11) is 1.58. The minimum Gasteiger partial charge on any atom is -0.303 e. The van der Waals surface area contributed by atoms with Gasteiger partial charge in [-0.1, -0.05) is 0 Å². The van der Waals surface area contributed by atoms with E-state index in [1.54, 1.807) is 14.0 Å². The second-order valence-electron chi connectivity index (χ2n) is 2.63. The zero-order chi connectivity index (χ0) is 10.0. The van der Waals surface area contributed by atoms with Gasteiger partial charge in [0.05, 0.1) is 11.3 Å². The normalized spacial score (nSPS) is 10.0. The molecule has 0 saturated heterocycles. The summed E-state index contributed by atoms with van der Waals surface area (Å²) in [5.74, 6) is 0. The monoisotopic (exact) mass is 183 g/mol. The van der Waals surface area contributed by atoms with E-state index in [0.717, 1.165) is 0 Å². The zero-order valence-corrected chi connectivity index (χ0v) is 7.35. The number of rotatable bonds is 3. The number of aryl methyl sites for hydroxylation is 2. The van der Waals surface area contributed by atoms with Crippen LogP contribution in [0.4, 0.5) is 5.69 Å². The van der Waals surface area contributed by atoms with Gasteiger partial charge in [-0.25, -0.2) is 0 Å². The van der Waals surface area contributed by atoms with Gasteiger partial charge < -0.3 is 4.79 Å². The van der Waals surface area contributed by atoms with Gasteiger partial charge in [0, 0.05) is 7.05 Å². The molecule has 0 atom stereocenters. The maximum absolute atomic E-state index is 10.6. The molecule has 1 aromatic rings. The summed E-state index contributed by atoms with van der Waals surface area (Å²) in [6.45, 7) is 1.55. The van der Waals surface area contributed by atoms with E-state index in [-0.39, 0.29) is 12.1 Å². The lowest BCUT2D eigenvalue weighted by Crippen LogP contribution is -2.01. The van der Waals surface area contributed by atoms with Gasteiger partial charge in [0.25, 0.3) is 0 Å². The van der Waals surface area contributed by atoms with E-state index in [4.69, 9.17) is 0 Å². The fourth-order valence-electron chi connectivity index (χ4n) is 1.24. The van der Waals surface area contributed by atoms with Gasteiger partial charge in [-0.2, -0.15) is 5.10 Å². The average Bonchev–Trinajstić information content (AvgIpc) is 2.27. The zero-order valence-electron chi connectivity index (χ0n) is 7.35. The fraction of sp³-hybridized carbons (Fsp3) is 0.429. The van der Waals surface area contributed by atoms with Crippen molar-refractivity contribution in [2.24, 2.45) is 7.05 Å². The van der Waals surface area contributed by atoms with Crippen LogP contribution in [0.3, 0.4) is 0 Å². The van der Waals surface area contributed by atoms with Crippen LogP contribution in [0, 0.1) is 17.0 Å². The van der Waals surface area contributed by atoms with Crippen molar-refractivity contribution < 1.29 is 9.72 Å². The number of carbonyl (C=O) groups excluding carboxylic acids is 1. The third kappa shape index (κ3) is 1.56. The predicted molar refractivity (Wildman–Crippen MR) is 44.4 cm³/mol. The summed E-state index contributed by atoms with van der Waals surface area (Å²) in [6, 6.07) is 0. The molecule has 0 unspecified atom stereocenters. The maximum atomic E-state index is 10.6. The highest BCUT2D eigenvalue weighted by Crippen LogP contribution is 2.21. The van der Waals surface area contributed by atoms with Crippen LogP contribution in [0.25, 0.3) is 0 Å². The van der Waals surface area contributed by atoms with Gasteiger partial charge in [-0.3, -0.25) is 14.8 Å². The van der Waals surface area contributed by atoms with E-state index in [1.807, 2.05) is 0 Å². The van der Waals surface area contributed by atoms with E-state index < -0.39 is 4.92 Å². The molecule has 0 N–H and O–H groups in total. The maximum Gasteiger partial charge on any atom is 0.313 e. The van der Waals surface area contributed by atoms with Crippen molar-refractivity contribution in [3.63, 3.8) is 0 Å². The summed E-state index contributed by atoms with van der Waals surface area (Å²) in [6.07, 6.45) is 0.650. The molecule has 1 rings (SSSR count). The van der Waals surface area contributed by atoms with Crippen molar-refractivity contribution in [3.8, 4) is 0 Å². The number of hydrogen-bond donors (Lipinski definition) is 0. The van der Waals surface area contributed by atoms with Gasteiger partial charge in [0.1, 0.15) is 17.7 Å². The lowest BCUT2D eigenvalue weighted by molar-refractivity contribution is -0.386. The molecule has 0 fully saturated rings. The first-order chi connectivity index (χ1) is 6.07. The van der Waals surface area contributed by atoms with Crippen molar-refractivity contribution in [2.75, 3.05) is 0 Å². The topological polar surface area (TPSA) is 78.0 Å². The largest absolute Gasteiger partial charge is 0.313 e. The van der Waals surface area contributed by atoms with E-state index >= 15 is 0 Å². The highest BCUT2D eigenvalue weighted by atomic mass is 16.6. The molecule has 0 spiro atoms. The summed E-state index contributed by atoms with van der Waals surface area (Å²) in [5.41, 5.74) is 0.622. The van der Waals surface area contributed by atoms with Gasteiger partial charge >= 0.3 is 5.69 Å². The van der Waals surface area contributed by atoms with Gasteiger partial charge in [0.15, 0.2) is 0 Å². The number of nitro groups is 1. The Morgan fingerprint density at radius 3 is 2.77 bits per heavy atom. The highest BCUT2D eigenvalue weighted by Gasteiger charge is 2.22. The SMILES string of the molecule is Cc1nn(C)c(CC=O)c1[N+](=O)[O-]. The molecule has 1 aromatic heterocycles. The van der Waals surface area contributed by atoms with Crippen LogP contribution < -0.4 is 0 Å². The minimum atomic E-state index is -0.513. The first-order valence-corrected chi connectivity index (χ1v) is 3.68. The third-order valence-electron chi connectivity index (χ3n) is 1.77. The molecular weight excluding hydrogens is 174 g/mol. The number of aldehydes is 1. The van der Waals surface area contributed by atoms with Crippen LogP contribution in [0.2, 0.25) is 0 Å². The molecule has 0 aromatic carbocycles. The Morgan fingerprint density at radius 2 is 2.31 bits per heavy atom. The van der Waals surface area contributed by atoms with Crippen LogP contribution in [-0.4, -0.2) is 21.0 Å². The fourth-order valence-corrected chi connectivity index (χ4v) is 1.24. The first kappa shape index (κ1) is 9.37. The average molecular weight is 183 g/mol. The second kappa shape index (κ2) is 3.34. The summed E-state index contributed by atoms with van der Waals surface area (Å²) in [5, 5.41) is 14.4. The van der Waals surface area contributed by atoms with Crippen molar-refractivity contribution in [1.29, 1.82) is 0 Å². The molecule has 0 aliphatic rings. The Labute approximate surface area is 74.3 Å². The molecule has 13 heavy (non-hydrogen) atoms. The Hall–Kier alpha value is -1.72. The van der Waals surface area contributed by atoms with E-state index in [1.165, 1.54) is 4.68 Å². The standard InChI is InChI=1S/C7H9N3O3/c1-5-7(10(12)13)6(3-4-11)9(2)8-5/h4H,3H2,1-2H3. The molecule has 70 valence electrons. The molecule has 6 heteroatoms. The molecule has 0 saturated carbocycles. The first-order valence-electron chi connectivity index (χ1n) is 3.68. The quantitative estimate of drug-likeness (QED) is 0.385. The van der Waals surface area contributed by atoms with Crippen LogP contribution in [0.1, 0.15) is 11.4 Å². The Morgan fingerprint density at radius 1 is 1.69 bits per heavy atom. The summed E-state index contributed by atoms with van der Waals surface area (Å²) >= 11 is 0. The van der Waals surface area contributed by atoms with E-state index in [2.05, 4.69) is 5.10 Å². The second-order valence-corrected chi connectivity index (χ2v) is 2.63. The van der Waals surface area contributed by atoms with Crippen molar-refractivity contribution in [3.05, 3.63) is 21.5 Å². The molecule has 0 amide bonds. The van der Waals surface area contributed by atoms with Gasteiger partial charge in [-0.15, -0.1) is 0 Å². The molecule has 1 heterocycles. The number of aromatic nitrogens is 2.